The third-order valence-corrected chi connectivity index (χ3v) is 13.4. The lowest BCUT2D eigenvalue weighted by molar-refractivity contribution is 1.18. The van der Waals surface area contributed by atoms with Crippen LogP contribution in [0.3, 0.4) is 0 Å². The fourth-order valence-corrected chi connectivity index (χ4v) is 10.4. The van der Waals surface area contributed by atoms with Crippen molar-refractivity contribution in [3.63, 3.8) is 0 Å². The number of aromatic nitrogens is 2. The molecule has 0 amide bonds. The summed E-state index contributed by atoms with van der Waals surface area (Å²) in [7, 11) is 0. The summed E-state index contributed by atoms with van der Waals surface area (Å²) in [5, 5.41) is 10.2. The third-order valence-electron chi connectivity index (χ3n) is 13.4. The average molecular weight is 801 g/mol. The minimum Gasteiger partial charge on any atom is -0.309 e. The zero-order valence-corrected chi connectivity index (χ0v) is 34.5. The molecule has 12 aromatic rings. The lowest BCUT2D eigenvalue weighted by Gasteiger charge is -2.16. The molecule has 2 nitrogen and oxygen atoms in total. The highest BCUT2D eigenvalue weighted by atomic mass is 15.0. The summed E-state index contributed by atoms with van der Waals surface area (Å²) in [6.45, 7) is 0. The summed E-state index contributed by atoms with van der Waals surface area (Å²) in [6.07, 6.45) is 9.83. The van der Waals surface area contributed by atoms with Gasteiger partial charge in [0.25, 0.3) is 0 Å². The number of rotatable bonds is 5. The maximum absolute atomic E-state index is 2.46. The zero-order valence-electron chi connectivity index (χ0n) is 34.5. The first-order chi connectivity index (χ1) is 31.2. The van der Waals surface area contributed by atoms with E-state index in [1.807, 2.05) is 0 Å². The summed E-state index contributed by atoms with van der Waals surface area (Å²) < 4.78 is 4.88. The molecule has 2 aromatic heterocycles. The number of benzene rings is 10. The average Bonchev–Trinajstić information content (AvgIpc) is 3.73. The van der Waals surface area contributed by atoms with Gasteiger partial charge in [-0.1, -0.05) is 170 Å². The Morgan fingerprint density at radius 3 is 1.46 bits per heavy atom. The quantitative estimate of drug-likeness (QED) is 0.153. The van der Waals surface area contributed by atoms with Crippen molar-refractivity contribution in [3.8, 4) is 44.8 Å². The third kappa shape index (κ3) is 5.65. The topological polar surface area (TPSA) is 9.86 Å². The normalized spacial score (nSPS) is 12.6. The summed E-state index contributed by atoms with van der Waals surface area (Å²) in [4.78, 5) is 0. The monoisotopic (exact) mass is 800 g/mol. The highest BCUT2D eigenvalue weighted by Gasteiger charge is 2.19. The van der Waals surface area contributed by atoms with Gasteiger partial charge in [0, 0.05) is 32.9 Å². The number of allylic oxidation sites excluding steroid dienone is 3. The van der Waals surface area contributed by atoms with Crippen molar-refractivity contribution < 1.29 is 0 Å². The molecule has 63 heavy (non-hydrogen) atoms. The lowest BCUT2D eigenvalue weighted by atomic mass is 9.90. The zero-order chi connectivity index (χ0) is 41.4. The molecule has 0 unspecified atom stereocenters. The van der Waals surface area contributed by atoms with Crippen molar-refractivity contribution in [1.82, 2.24) is 9.13 Å². The van der Waals surface area contributed by atoms with E-state index in [-0.39, 0.29) is 0 Å². The number of fused-ring (bicyclic) bond motifs is 12. The Kier molecular flexibility index (Phi) is 8.01. The minimum absolute atomic E-state index is 0.906. The molecule has 0 radical (unpaired) electrons. The van der Waals surface area contributed by atoms with Gasteiger partial charge in [-0.2, -0.15) is 0 Å². The van der Waals surface area contributed by atoms with Gasteiger partial charge in [0.15, 0.2) is 0 Å². The van der Waals surface area contributed by atoms with Crippen LogP contribution in [0.4, 0.5) is 0 Å². The molecule has 1 aliphatic rings. The van der Waals surface area contributed by atoms with E-state index in [9.17, 15) is 0 Å². The van der Waals surface area contributed by atoms with Crippen molar-refractivity contribution in [2.75, 3.05) is 0 Å². The van der Waals surface area contributed by atoms with Crippen LogP contribution in [0.1, 0.15) is 11.1 Å². The molecule has 0 atom stereocenters. The van der Waals surface area contributed by atoms with Crippen LogP contribution in [0, 0.1) is 0 Å². The van der Waals surface area contributed by atoms with Crippen molar-refractivity contribution >= 4 is 71.2 Å². The van der Waals surface area contributed by atoms with Crippen molar-refractivity contribution in [3.05, 3.63) is 236 Å². The summed E-state index contributed by atoms with van der Waals surface area (Å²) in [6, 6.07) is 76.1. The van der Waals surface area contributed by atoms with Gasteiger partial charge in [0.05, 0.1) is 22.1 Å². The molecule has 0 N–H and O–H groups in total. The second-order valence-corrected chi connectivity index (χ2v) is 16.8. The number of nitrogens with zero attached hydrogens (tertiary/aromatic N) is 2. The first kappa shape index (κ1) is 35.5. The second kappa shape index (κ2) is 14.2. The maximum Gasteiger partial charge on any atom is 0.0541 e. The lowest BCUT2D eigenvalue weighted by Crippen LogP contribution is -1.97. The molecule has 0 saturated heterocycles. The first-order valence-corrected chi connectivity index (χ1v) is 21.9. The van der Waals surface area contributed by atoms with E-state index in [0.29, 0.717) is 0 Å². The van der Waals surface area contributed by atoms with Gasteiger partial charge in [-0.05, 0) is 133 Å². The first-order valence-electron chi connectivity index (χ1n) is 21.9. The Balaban J connectivity index is 0.923. The van der Waals surface area contributed by atoms with Crippen molar-refractivity contribution in [2.45, 2.75) is 6.42 Å². The highest BCUT2D eigenvalue weighted by molar-refractivity contribution is 6.15. The van der Waals surface area contributed by atoms with Gasteiger partial charge in [-0.15, -0.1) is 0 Å². The molecular formula is C61H40N2. The van der Waals surface area contributed by atoms with Crippen LogP contribution in [0.15, 0.2) is 224 Å². The molecule has 0 saturated carbocycles. The second-order valence-electron chi connectivity index (χ2n) is 16.8. The van der Waals surface area contributed by atoms with Gasteiger partial charge >= 0.3 is 0 Å². The summed E-state index contributed by atoms with van der Waals surface area (Å²) in [5.41, 5.74) is 17.1. The van der Waals surface area contributed by atoms with Gasteiger partial charge in [0.1, 0.15) is 0 Å². The molecule has 294 valence electrons. The predicted octanol–water partition coefficient (Wildman–Crippen LogP) is 16.3. The van der Waals surface area contributed by atoms with E-state index in [1.165, 1.54) is 115 Å². The van der Waals surface area contributed by atoms with Gasteiger partial charge in [0.2, 0.25) is 0 Å². The molecule has 2 heteroatoms. The van der Waals surface area contributed by atoms with Gasteiger partial charge in [-0.3, -0.25) is 0 Å². The fraction of sp³-hybridized carbons (Fsp3) is 0.0164. The predicted molar refractivity (Wildman–Crippen MR) is 268 cm³/mol. The Hall–Kier alpha value is -8.20. The Morgan fingerprint density at radius 1 is 0.286 bits per heavy atom. The van der Waals surface area contributed by atoms with Crippen molar-refractivity contribution in [1.29, 1.82) is 0 Å². The standard InChI is InChI=1S/C61H40N2/c1-3-14-40(15-4-1)41-26-28-42(29-27-41)43-16-13-17-46(36-43)62-58-24-11-9-22-53(58)56-37-44(30-34-60(56)62)45-31-35-61-57(38-45)54-23-10-12-25-59(54)63(61)47-32-33-52-50-21-8-7-20-48(50)49-18-5-2-6-19-51(49)55(52)39-47/h1-18,20-39H,19H2. The van der Waals surface area contributed by atoms with Crippen LogP contribution in [0.25, 0.3) is 116 Å². The van der Waals surface area contributed by atoms with Crippen LogP contribution in [-0.4, -0.2) is 9.13 Å². The SMILES string of the molecule is C1=CCc2c(c3ccccc3c3ccc(-n4c5ccccc5c5cc(-c6ccc7c(c6)c6ccccc6n7-c6cccc(-c7ccc(-c8ccccc8)cc7)c6)ccc54)cc23)C=C1. The van der Waals surface area contributed by atoms with Crippen LogP contribution < -0.4 is 0 Å². The molecule has 2 heterocycles. The Labute approximate surface area is 365 Å². The van der Waals surface area contributed by atoms with E-state index in [1.54, 1.807) is 0 Å². The Bertz CT molecular complexity index is 3860. The van der Waals surface area contributed by atoms with E-state index >= 15 is 0 Å². The fourth-order valence-electron chi connectivity index (χ4n) is 10.4. The van der Waals surface area contributed by atoms with E-state index < -0.39 is 0 Å². The van der Waals surface area contributed by atoms with Gasteiger partial charge in [-0.25, -0.2) is 0 Å². The van der Waals surface area contributed by atoms with Crippen molar-refractivity contribution in [2.24, 2.45) is 0 Å². The van der Waals surface area contributed by atoms with E-state index in [4.69, 9.17) is 0 Å². The van der Waals surface area contributed by atoms with Crippen LogP contribution in [0.5, 0.6) is 0 Å². The molecule has 0 fully saturated rings. The smallest absolute Gasteiger partial charge is 0.0541 e. The molecule has 0 spiro atoms. The minimum atomic E-state index is 0.906. The number of hydrogen-bond acceptors (Lipinski definition) is 0. The summed E-state index contributed by atoms with van der Waals surface area (Å²) >= 11 is 0. The van der Waals surface area contributed by atoms with E-state index in [0.717, 1.165) is 12.1 Å². The molecule has 10 aromatic carbocycles. The van der Waals surface area contributed by atoms with Gasteiger partial charge < -0.3 is 9.13 Å². The molecule has 1 aliphatic carbocycles. The number of hydrogen-bond donors (Lipinski definition) is 0. The van der Waals surface area contributed by atoms with Crippen LogP contribution in [-0.2, 0) is 6.42 Å². The number of para-hydroxylation sites is 2. The Morgan fingerprint density at radius 2 is 0.778 bits per heavy atom. The van der Waals surface area contributed by atoms with Crippen LogP contribution in [0.2, 0.25) is 0 Å². The highest BCUT2D eigenvalue weighted by Crippen LogP contribution is 2.41. The molecule has 0 aliphatic heterocycles. The van der Waals surface area contributed by atoms with E-state index in [2.05, 4.69) is 240 Å². The largest absolute Gasteiger partial charge is 0.309 e. The maximum atomic E-state index is 2.46. The molecular weight excluding hydrogens is 761 g/mol. The molecule has 13 rings (SSSR count). The molecule has 0 bridgehead atoms. The van der Waals surface area contributed by atoms with Crippen LogP contribution >= 0.6 is 0 Å². The summed E-state index contributed by atoms with van der Waals surface area (Å²) in [5.74, 6) is 0.